The van der Waals surface area contributed by atoms with Crippen molar-refractivity contribution in [3.05, 3.63) is 84.3 Å². The lowest BCUT2D eigenvalue weighted by molar-refractivity contribution is 0.465. The summed E-state index contributed by atoms with van der Waals surface area (Å²) >= 11 is 1.43. The van der Waals surface area contributed by atoms with E-state index in [9.17, 15) is 0 Å². The minimum Gasteiger partial charge on any atom is -0.411 e. The van der Waals surface area contributed by atoms with Gasteiger partial charge in [-0.15, -0.1) is 10.2 Å². The number of aromatic nitrogens is 5. The molecule has 4 heterocycles. The van der Waals surface area contributed by atoms with E-state index in [0.29, 0.717) is 22.4 Å². The summed E-state index contributed by atoms with van der Waals surface area (Å²) in [6, 6.07) is 19.2. The number of thioether (sulfide) groups is 1. The van der Waals surface area contributed by atoms with Crippen LogP contribution in [0, 0.1) is 11.3 Å². The lowest BCUT2D eigenvalue weighted by atomic mass is 10.2. The Balaban J connectivity index is 1.40. The van der Waals surface area contributed by atoms with E-state index >= 15 is 0 Å². The first kappa shape index (κ1) is 18.1. The van der Waals surface area contributed by atoms with Gasteiger partial charge < -0.3 is 4.42 Å². The molecule has 0 atom stereocenters. The number of benzene rings is 1. The van der Waals surface area contributed by atoms with Crippen molar-refractivity contribution < 1.29 is 4.42 Å². The first-order valence-electron chi connectivity index (χ1n) is 9.14. The molecule has 0 saturated heterocycles. The maximum Gasteiger partial charge on any atom is 0.277 e. The molecule has 5 aromatic rings. The van der Waals surface area contributed by atoms with Crippen molar-refractivity contribution in [2.45, 2.75) is 11.0 Å². The Kier molecular flexibility index (Phi) is 4.71. The zero-order chi connectivity index (χ0) is 20.3. The molecule has 7 nitrogen and oxygen atoms in total. The van der Waals surface area contributed by atoms with E-state index in [0.717, 1.165) is 28.2 Å². The summed E-state index contributed by atoms with van der Waals surface area (Å²) in [6.45, 7) is 0. The Morgan fingerprint density at radius 3 is 2.87 bits per heavy atom. The van der Waals surface area contributed by atoms with Crippen LogP contribution in [0.25, 0.3) is 28.5 Å². The van der Waals surface area contributed by atoms with Crippen molar-refractivity contribution in [1.82, 2.24) is 24.6 Å². The van der Waals surface area contributed by atoms with E-state index < -0.39 is 0 Å². The molecule has 8 heteroatoms. The molecule has 0 amide bonds. The molecular formula is C22H14N6OS. The van der Waals surface area contributed by atoms with Crippen LogP contribution in [0.3, 0.4) is 0 Å². The fourth-order valence-electron chi connectivity index (χ4n) is 3.07. The molecule has 0 fully saturated rings. The highest BCUT2D eigenvalue weighted by molar-refractivity contribution is 7.98. The van der Waals surface area contributed by atoms with Crippen molar-refractivity contribution in [3.8, 4) is 28.9 Å². The number of rotatable bonds is 5. The maximum atomic E-state index is 9.02. The van der Waals surface area contributed by atoms with Crippen LogP contribution < -0.4 is 0 Å². The largest absolute Gasteiger partial charge is 0.411 e. The van der Waals surface area contributed by atoms with Gasteiger partial charge in [-0.1, -0.05) is 30.0 Å². The number of pyridine rings is 2. The molecule has 0 N–H and O–H groups in total. The van der Waals surface area contributed by atoms with E-state index in [1.165, 1.54) is 11.8 Å². The molecule has 0 bridgehead atoms. The van der Waals surface area contributed by atoms with E-state index in [2.05, 4.69) is 26.2 Å². The smallest absolute Gasteiger partial charge is 0.277 e. The zero-order valence-electron chi connectivity index (χ0n) is 15.6. The molecule has 0 unspecified atom stereocenters. The van der Waals surface area contributed by atoms with Crippen LogP contribution in [0.2, 0.25) is 0 Å². The average Bonchev–Trinajstić information content (AvgIpc) is 3.45. The maximum absolute atomic E-state index is 9.02. The van der Waals surface area contributed by atoms with Crippen molar-refractivity contribution in [3.63, 3.8) is 0 Å². The summed E-state index contributed by atoms with van der Waals surface area (Å²) in [5, 5.41) is 17.8. The van der Waals surface area contributed by atoms with Crippen LogP contribution in [0.5, 0.6) is 0 Å². The summed E-state index contributed by atoms with van der Waals surface area (Å²) in [5.74, 6) is 1.08. The predicted octanol–water partition coefficient (Wildman–Crippen LogP) is 4.61. The Bertz CT molecular complexity index is 1370. The van der Waals surface area contributed by atoms with Gasteiger partial charge in [0.1, 0.15) is 5.65 Å². The van der Waals surface area contributed by atoms with Crippen LogP contribution in [0.15, 0.2) is 82.8 Å². The first-order chi connectivity index (χ1) is 14.8. The van der Waals surface area contributed by atoms with Crippen LogP contribution in [0.1, 0.15) is 11.1 Å². The van der Waals surface area contributed by atoms with Crippen LogP contribution >= 0.6 is 11.8 Å². The second-order valence-corrected chi connectivity index (χ2v) is 7.40. The Morgan fingerprint density at radius 2 is 2.00 bits per heavy atom. The number of imidazole rings is 1. The third-order valence-corrected chi connectivity index (χ3v) is 5.39. The number of hydrogen-bond acceptors (Lipinski definition) is 7. The van der Waals surface area contributed by atoms with Crippen LogP contribution in [-0.2, 0) is 5.75 Å². The summed E-state index contributed by atoms with van der Waals surface area (Å²) in [6.07, 6.45) is 5.48. The minimum absolute atomic E-state index is 0.436. The average molecular weight is 410 g/mol. The molecule has 0 radical (unpaired) electrons. The van der Waals surface area contributed by atoms with Gasteiger partial charge in [0.25, 0.3) is 5.22 Å². The molecule has 30 heavy (non-hydrogen) atoms. The topological polar surface area (TPSA) is 92.9 Å². The molecule has 0 aliphatic carbocycles. The molecule has 144 valence electrons. The van der Waals surface area contributed by atoms with Gasteiger partial charge in [-0.05, 0) is 42.0 Å². The van der Waals surface area contributed by atoms with E-state index in [1.54, 1.807) is 18.5 Å². The SMILES string of the molecule is N#Cc1cccc(CSc2nnc(-c3ccc4ncc(-c5ccccn5)n4c3)o2)c1. The Labute approximate surface area is 176 Å². The van der Waals surface area contributed by atoms with E-state index in [1.807, 2.05) is 59.1 Å². The second-order valence-electron chi connectivity index (χ2n) is 6.48. The molecule has 0 saturated carbocycles. The van der Waals surface area contributed by atoms with Crippen molar-refractivity contribution in [2.75, 3.05) is 0 Å². The zero-order valence-corrected chi connectivity index (χ0v) is 16.5. The molecule has 4 aromatic heterocycles. The summed E-state index contributed by atoms with van der Waals surface area (Å²) in [4.78, 5) is 8.85. The van der Waals surface area contributed by atoms with Gasteiger partial charge in [0.05, 0.1) is 34.8 Å². The third-order valence-electron chi connectivity index (χ3n) is 4.50. The standard InChI is InChI=1S/C22H14N6OS/c23-11-15-4-3-5-16(10-15)14-30-22-27-26-21(29-22)17-7-8-20-25-12-19(28(20)13-17)18-6-1-2-9-24-18/h1-10,12-13H,14H2. The van der Waals surface area contributed by atoms with E-state index in [-0.39, 0.29) is 0 Å². The predicted molar refractivity (Wildman–Crippen MR) is 112 cm³/mol. The van der Waals surface area contributed by atoms with E-state index in [4.69, 9.17) is 9.68 Å². The monoisotopic (exact) mass is 410 g/mol. The normalized spacial score (nSPS) is 10.9. The fraction of sp³-hybridized carbons (Fsp3) is 0.0455. The first-order valence-corrected chi connectivity index (χ1v) is 10.1. The fourth-order valence-corrected chi connectivity index (χ4v) is 3.78. The lowest BCUT2D eigenvalue weighted by Crippen LogP contribution is -1.91. The van der Waals surface area contributed by atoms with Crippen molar-refractivity contribution >= 4 is 17.4 Å². The van der Waals surface area contributed by atoms with Gasteiger partial charge >= 0.3 is 0 Å². The molecule has 0 aliphatic heterocycles. The van der Waals surface area contributed by atoms with Gasteiger partial charge in [0.2, 0.25) is 5.89 Å². The van der Waals surface area contributed by atoms with Crippen molar-refractivity contribution in [2.24, 2.45) is 0 Å². The van der Waals surface area contributed by atoms with Crippen LogP contribution in [0.4, 0.5) is 0 Å². The highest BCUT2D eigenvalue weighted by Gasteiger charge is 2.13. The highest BCUT2D eigenvalue weighted by atomic mass is 32.2. The summed E-state index contributed by atoms with van der Waals surface area (Å²) in [7, 11) is 0. The number of nitrogens with zero attached hydrogens (tertiary/aromatic N) is 6. The van der Waals surface area contributed by atoms with Gasteiger partial charge in [-0.2, -0.15) is 5.26 Å². The van der Waals surface area contributed by atoms with Gasteiger partial charge in [0, 0.05) is 18.1 Å². The highest BCUT2D eigenvalue weighted by Crippen LogP contribution is 2.27. The van der Waals surface area contributed by atoms with Gasteiger partial charge in [-0.25, -0.2) is 4.98 Å². The molecule has 5 rings (SSSR count). The number of hydrogen-bond donors (Lipinski definition) is 0. The lowest BCUT2D eigenvalue weighted by Gasteiger charge is -2.02. The Hall–Kier alpha value is -3.96. The summed E-state index contributed by atoms with van der Waals surface area (Å²) < 4.78 is 7.81. The quantitative estimate of drug-likeness (QED) is 0.391. The molecule has 0 spiro atoms. The third kappa shape index (κ3) is 3.54. The van der Waals surface area contributed by atoms with Gasteiger partial charge in [0.15, 0.2) is 0 Å². The second kappa shape index (κ2) is 7.81. The molecule has 1 aromatic carbocycles. The number of nitriles is 1. The van der Waals surface area contributed by atoms with Crippen molar-refractivity contribution in [1.29, 1.82) is 5.26 Å². The molecular weight excluding hydrogens is 396 g/mol. The van der Waals surface area contributed by atoms with Crippen LogP contribution in [-0.4, -0.2) is 24.6 Å². The minimum atomic E-state index is 0.436. The molecule has 0 aliphatic rings. The Morgan fingerprint density at radius 1 is 1.03 bits per heavy atom. The summed E-state index contributed by atoms with van der Waals surface area (Å²) in [5.41, 5.74) is 4.99. The van der Waals surface area contributed by atoms with Gasteiger partial charge in [-0.3, -0.25) is 9.38 Å². The number of fused-ring (bicyclic) bond motifs is 1.